The lowest BCUT2D eigenvalue weighted by molar-refractivity contribution is 0.0869. The maximum Gasteiger partial charge on any atom is 0.231 e. The van der Waals surface area contributed by atoms with E-state index in [1.165, 1.54) is 5.56 Å². The minimum atomic E-state index is -0.557. The molecule has 5 heteroatoms. The molecule has 4 rings (SSSR count). The van der Waals surface area contributed by atoms with Crippen LogP contribution in [0.4, 0.5) is 0 Å². The highest BCUT2D eigenvalue weighted by atomic mass is 16.7. The van der Waals surface area contributed by atoms with Gasteiger partial charge < -0.3 is 24.1 Å². The van der Waals surface area contributed by atoms with Gasteiger partial charge in [-0.1, -0.05) is 26.0 Å². The number of ether oxygens (including phenoxy) is 4. The first kappa shape index (κ1) is 16.1. The molecule has 2 aromatic rings. The molecule has 2 aromatic carbocycles. The van der Waals surface area contributed by atoms with Gasteiger partial charge in [-0.15, -0.1) is 0 Å². The SMILES string of the molecule is C[C@@H]([C@H](C)Cc1ccc2c(c1)OCO2)[C@H](O)c1ccc2c(c1)OCO2. The normalized spacial score (nSPS) is 18.0. The second-order valence-electron chi connectivity index (χ2n) is 6.79. The fraction of sp³-hybridized carbons (Fsp3) is 0.400. The molecule has 0 unspecified atom stereocenters. The van der Waals surface area contributed by atoms with Gasteiger partial charge in [0, 0.05) is 0 Å². The second-order valence-corrected chi connectivity index (χ2v) is 6.79. The molecule has 2 aliphatic heterocycles. The van der Waals surface area contributed by atoms with Crippen LogP contribution < -0.4 is 18.9 Å². The molecule has 0 saturated heterocycles. The summed E-state index contributed by atoms with van der Waals surface area (Å²) in [6, 6.07) is 11.7. The first-order valence-corrected chi connectivity index (χ1v) is 8.58. The van der Waals surface area contributed by atoms with Crippen LogP contribution >= 0.6 is 0 Å². The Bertz CT molecular complexity index is 773. The molecule has 3 atom stereocenters. The highest BCUT2D eigenvalue weighted by Gasteiger charge is 2.25. The molecule has 0 spiro atoms. The molecule has 25 heavy (non-hydrogen) atoms. The molecule has 2 heterocycles. The summed E-state index contributed by atoms with van der Waals surface area (Å²) in [6.45, 7) is 4.76. The first-order valence-electron chi connectivity index (χ1n) is 8.58. The molecule has 0 bridgehead atoms. The van der Waals surface area contributed by atoms with Gasteiger partial charge in [-0.25, -0.2) is 0 Å². The van der Waals surface area contributed by atoms with Gasteiger partial charge in [-0.05, 0) is 53.6 Å². The lowest BCUT2D eigenvalue weighted by Crippen LogP contribution is -2.19. The van der Waals surface area contributed by atoms with E-state index in [0.29, 0.717) is 11.7 Å². The smallest absolute Gasteiger partial charge is 0.231 e. The van der Waals surface area contributed by atoms with Crippen molar-refractivity contribution in [3.63, 3.8) is 0 Å². The van der Waals surface area contributed by atoms with Crippen LogP contribution in [-0.2, 0) is 6.42 Å². The standard InChI is InChI=1S/C20H22O5/c1-12(7-14-3-5-16-18(8-14)24-10-22-16)13(2)20(21)15-4-6-17-19(9-15)25-11-23-17/h3-6,8-9,12-13,20-21H,7,10-11H2,1-2H3/t12-,13+,20+/m1/s1. The molecule has 2 aliphatic rings. The molecule has 0 amide bonds. The number of fused-ring (bicyclic) bond motifs is 2. The van der Waals surface area contributed by atoms with Crippen molar-refractivity contribution in [3.05, 3.63) is 47.5 Å². The van der Waals surface area contributed by atoms with E-state index in [1.54, 1.807) is 0 Å². The third-order valence-electron chi connectivity index (χ3n) is 5.13. The molecule has 132 valence electrons. The van der Waals surface area contributed by atoms with Gasteiger partial charge in [0.15, 0.2) is 23.0 Å². The van der Waals surface area contributed by atoms with E-state index in [4.69, 9.17) is 18.9 Å². The van der Waals surface area contributed by atoms with Crippen molar-refractivity contribution in [3.8, 4) is 23.0 Å². The fourth-order valence-corrected chi connectivity index (χ4v) is 3.34. The zero-order valence-corrected chi connectivity index (χ0v) is 14.4. The maximum absolute atomic E-state index is 10.8. The summed E-state index contributed by atoms with van der Waals surface area (Å²) in [5, 5.41) is 10.8. The van der Waals surface area contributed by atoms with Gasteiger partial charge >= 0.3 is 0 Å². The topological polar surface area (TPSA) is 57.2 Å². The van der Waals surface area contributed by atoms with Gasteiger partial charge in [-0.3, -0.25) is 0 Å². The summed E-state index contributed by atoms with van der Waals surface area (Å²) in [7, 11) is 0. The van der Waals surface area contributed by atoms with Crippen LogP contribution in [0.1, 0.15) is 31.1 Å². The van der Waals surface area contributed by atoms with Crippen LogP contribution in [0.25, 0.3) is 0 Å². The maximum atomic E-state index is 10.8. The number of hydrogen-bond donors (Lipinski definition) is 1. The minimum Gasteiger partial charge on any atom is -0.454 e. The lowest BCUT2D eigenvalue weighted by Gasteiger charge is -2.25. The van der Waals surface area contributed by atoms with E-state index in [2.05, 4.69) is 19.9 Å². The van der Waals surface area contributed by atoms with E-state index < -0.39 is 6.10 Å². The molecule has 1 N–H and O–H groups in total. The van der Waals surface area contributed by atoms with Crippen molar-refractivity contribution in [1.29, 1.82) is 0 Å². The number of rotatable bonds is 5. The largest absolute Gasteiger partial charge is 0.454 e. The van der Waals surface area contributed by atoms with Crippen LogP contribution in [0.3, 0.4) is 0 Å². The van der Waals surface area contributed by atoms with Crippen LogP contribution in [-0.4, -0.2) is 18.7 Å². The van der Waals surface area contributed by atoms with Crippen LogP contribution in [0.5, 0.6) is 23.0 Å². The van der Waals surface area contributed by atoms with Crippen molar-refractivity contribution in [2.24, 2.45) is 11.8 Å². The molecule has 0 fully saturated rings. The molecule has 0 radical (unpaired) electrons. The van der Waals surface area contributed by atoms with E-state index in [-0.39, 0.29) is 19.5 Å². The van der Waals surface area contributed by atoms with E-state index in [0.717, 1.165) is 29.2 Å². The fourth-order valence-electron chi connectivity index (χ4n) is 3.34. The summed E-state index contributed by atoms with van der Waals surface area (Å²) in [5.74, 6) is 3.41. The Kier molecular flexibility index (Phi) is 4.17. The summed E-state index contributed by atoms with van der Waals surface area (Å²) < 4.78 is 21.5. The Morgan fingerprint density at radius 3 is 2.16 bits per heavy atom. The van der Waals surface area contributed by atoms with Crippen molar-refractivity contribution >= 4 is 0 Å². The summed E-state index contributed by atoms with van der Waals surface area (Å²) >= 11 is 0. The van der Waals surface area contributed by atoms with Crippen molar-refractivity contribution in [2.75, 3.05) is 13.6 Å². The molecular formula is C20H22O5. The summed E-state index contributed by atoms with van der Waals surface area (Å²) in [6.07, 6.45) is 0.304. The van der Waals surface area contributed by atoms with Crippen LogP contribution in [0.15, 0.2) is 36.4 Å². The predicted octanol–water partition coefficient (Wildman–Crippen LogP) is 3.69. The van der Waals surface area contributed by atoms with Crippen LogP contribution in [0, 0.1) is 11.8 Å². The summed E-state index contributed by atoms with van der Waals surface area (Å²) in [5.41, 5.74) is 2.04. The third kappa shape index (κ3) is 3.12. The minimum absolute atomic E-state index is 0.0887. The van der Waals surface area contributed by atoms with Crippen LogP contribution in [0.2, 0.25) is 0 Å². The quantitative estimate of drug-likeness (QED) is 0.898. The molecule has 0 saturated carbocycles. The van der Waals surface area contributed by atoms with Crippen molar-refractivity contribution in [2.45, 2.75) is 26.4 Å². The third-order valence-corrected chi connectivity index (χ3v) is 5.13. The highest BCUT2D eigenvalue weighted by molar-refractivity contribution is 5.46. The lowest BCUT2D eigenvalue weighted by atomic mass is 9.83. The first-order chi connectivity index (χ1) is 12.1. The Morgan fingerprint density at radius 1 is 0.840 bits per heavy atom. The Morgan fingerprint density at radius 2 is 1.44 bits per heavy atom. The number of benzene rings is 2. The predicted molar refractivity (Wildman–Crippen MR) is 92.1 cm³/mol. The Hall–Kier alpha value is -2.40. The number of hydrogen-bond acceptors (Lipinski definition) is 5. The Balaban J connectivity index is 1.45. The molecule has 0 aliphatic carbocycles. The monoisotopic (exact) mass is 342 g/mol. The number of aliphatic hydroxyl groups excluding tert-OH is 1. The molecular weight excluding hydrogens is 320 g/mol. The van der Waals surface area contributed by atoms with E-state index >= 15 is 0 Å². The zero-order chi connectivity index (χ0) is 17.4. The zero-order valence-electron chi connectivity index (χ0n) is 14.4. The molecule has 5 nitrogen and oxygen atoms in total. The average Bonchev–Trinajstić information content (AvgIpc) is 3.28. The Labute approximate surface area is 147 Å². The van der Waals surface area contributed by atoms with E-state index in [1.807, 2.05) is 30.3 Å². The summed E-state index contributed by atoms with van der Waals surface area (Å²) in [4.78, 5) is 0. The van der Waals surface area contributed by atoms with Gasteiger partial charge in [-0.2, -0.15) is 0 Å². The molecule has 0 aromatic heterocycles. The average molecular weight is 342 g/mol. The van der Waals surface area contributed by atoms with Crippen molar-refractivity contribution in [1.82, 2.24) is 0 Å². The van der Waals surface area contributed by atoms with Crippen molar-refractivity contribution < 1.29 is 24.1 Å². The van der Waals surface area contributed by atoms with Gasteiger partial charge in [0.25, 0.3) is 0 Å². The second kappa shape index (κ2) is 6.48. The van der Waals surface area contributed by atoms with Gasteiger partial charge in [0.2, 0.25) is 13.6 Å². The highest BCUT2D eigenvalue weighted by Crippen LogP contribution is 2.38. The number of aliphatic hydroxyl groups is 1. The van der Waals surface area contributed by atoms with Gasteiger partial charge in [0.05, 0.1) is 6.10 Å². The van der Waals surface area contributed by atoms with E-state index in [9.17, 15) is 5.11 Å². The van der Waals surface area contributed by atoms with Gasteiger partial charge in [0.1, 0.15) is 0 Å².